The number of aliphatic hydroxyl groups excluding tert-OH is 1. The summed E-state index contributed by atoms with van der Waals surface area (Å²) in [5.41, 5.74) is 1.12. The van der Waals surface area contributed by atoms with E-state index in [0.717, 1.165) is 30.2 Å². The molecule has 19 heavy (non-hydrogen) atoms. The standard InChI is InChI=1S/C15H21NO3/c17-11-13(16-6-2-1-3-7-16)12-4-5-14-15(10-12)19-9-8-18-14/h4-5,10,13,17H,1-3,6-9,11H2. The number of fused-ring (bicyclic) bond motifs is 1. The van der Waals surface area contributed by atoms with Crippen LogP contribution in [0.5, 0.6) is 11.5 Å². The summed E-state index contributed by atoms with van der Waals surface area (Å²) in [5.74, 6) is 1.62. The van der Waals surface area contributed by atoms with Gasteiger partial charge < -0.3 is 14.6 Å². The van der Waals surface area contributed by atoms with Gasteiger partial charge in [0.1, 0.15) is 13.2 Å². The highest BCUT2D eigenvalue weighted by Crippen LogP contribution is 2.34. The molecule has 2 aliphatic rings. The van der Waals surface area contributed by atoms with Gasteiger partial charge in [-0.1, -0.05) is 12.5 Å². The molecule has 4 nitrogen and oxygen atoms in total. The van der Waals surface area contributed by atoms with Crippen LogP contribution in [0.15, 0.2) is 18.2 Å². The molecule has 0 bridgehead atoms. The molecule has 0 aromatic heterocycles. The number of piperidine rings is 1. The first-order valence-corrected chi connectivity index (χ1v) is 7.13. The summed E-state index contributed by atoms with van der Waals surface area (Å²) in [7, 11) is 0. The van der Waals surface area contributed by atoms with E-state index >= 15 is 0 Å². The lowest BCUT2D eigenvalue weighted by atomic mass is 10.0. The lowest BCUT2D eigenvalue weighted by Gasteiger charge is -2.34. The zero-order chi connectivity index (χ0) is 13.1. The van der Waals surface area contributed by atoms with Crippen LogP contribution in [-0.2, 0) is 0 Å². The molecule has 0 amide bonds. The van der Waals surface area contributed by atoms with Gasteiger partial charge in [0, 0.05) is 0 Å². The van der Waals surface area contributed by atoms with Gasteiger partial charge in [0.05, 0.1) is 12.6 Å². The van der Waals surface area contributed by atoms with Gasteiger partial charge in [0.15, 0.2) is 11.5 Å². The maximum atomic E-state index is 9.72. The molecule has 3 rings (SSSR count). The van der Waals surface area contributed by atoms with Crippen molar-refractivity contribution in [3.05, 3.63) is 23.8 Å². The quantitative estimate of drug-likeness (QED) is 0.905. The SMILES string of the molecule is OCC(c1ccc2c(c1)OCCO2)N1CCCCC1. The van der Waals surface area contributed by atoms with E-state index in [4.69, 9.17) is 9.47 Å². The van der Waals surface area contributed by atoms with E-state index < -0.39 is 0 Å². The Morgan fingerprint density at radius 2 is 1.79 bits per heavy atom. The van der Waals surface area contributed by atoms with E-state index in [2.05, 4.69) is 4.90 Å². The highest BCUT2D eigenvalue weighted by Gasteiger charge is 2.23. The Hall–Kier alpha value is -1.26. The Labute approximate surface area is 113 Å². The van der Waals surface area contributed by atoms with Crippen molar-refractivity contribution in [1.82, 2.24) is 4.90 Å². The minimum atomic E-state index is 0.0797. The van der Waals surface area contributed by atoms with Crippen LogP contribution in [-0.4, -0.2) is 42.9 Å². The molecular weight excluding hydrogens is 242 g/mol. The zero-order valence-corrected chi connectivity index (χ0v) is 11.2. The van der Waals surface area contributed by atoms with Gasteiger partial charge >= 0.3 is 0 Å². The Morgan fingerprint density at radius 3 is 2.53 bits per heavy atom. The first-order chi connectivity index (χ1) is 9.38. The highest BCUT2D eigenvalue weighted by atomic mass is 16.6. The lowest BCUT2D eigenvalue weighted by molar-refractivity contribution is 0.104. The van der Waals surface area contributed by atoms with Crippen molar-refractivity contribution in [1.29, 1.82) is 0 Å². The molecule has 0 saturated carbocycles. The molecule has 104 valence electrons. The van der Waals surface area contributed by atoms with E-state index in [1.165, 1.54) is 19.3 Å². The summed E-state index contributed by atoms with van der Waals surface area (Å²) in [6.07, 6.45) is 3.75. The molecule has 1 atom stereocenters. The molecule has 0 aliphatic carbocycles. The number of likely N-dealkylation sites (tertiary alicyclic amines) is 1. The molecule has 2 heterocycles. The minimum absolute atomic E-state index is 0.0797. The minimum Gasteiger partial charge on any atom is -0.486 e. The second-order valence-electron chi connectivity index (χ2n) is 5.20. The molecule has 1 fully saturated rings. The van der Waals surface area contributed by atoms with Crippen LogP contribution in [0.4, 0.5) is 0 Å². The third kappa shape index (κ3) is 2.69. The van der Waals surface area contributed by atoms with Gasteiger partial charge in [-0.05, 0) is 43.6 Å². The smallest absolute Gasteiger partial charge is 0.161 e. The van der Waals surface area contributed by atoms with Crippen molar-refractivity contribution in [2.24, 2.45) is 0 Å². The summed E-state index contributed by atoms with van der Waals surface area (Å²) in [6, 6.07) is 6.10. The van der Waals surface area contributed by atoms with Crippen LogP contribution >= 0.6 is 0 Å². The Bertz CT molecular complexity index is 429. The van der Waals surface area contributed by atoms with Crippen LogP contribution in [0.2, 0.25) is 0 Å². The molecule has 1 aromatic carbocycles. The van der Waals surface area contributed by atoms with E-state index in [0.29, 0.717) is 13.2 Å². The molecule has 4 heteroatoms. The maximum Gasteiger partial charge on any atom is 0.161 e. The van der Waals surface area contributed by atoms with Crippen LogP contribution in [0, 0.1) is 0 Å². The normalized spacial score (nSPS) is 21.1. The van der Waals surface area contributed by atoms with Gasteiger partial charge in [-0.25, -0.2) is 0 Å². The predicted octanol–water partition coefficient (Wildman–Crippen LogP) is 1.98. The van der Waals surface area contributed by atoms with Crippen LogP contribution < -0.4 is 9.47 Å². The lowest BCUT2D eigenvalue weighted by Crippen LogP contribution is -2.35. The van der Waals surface area contributed by atoms with Crippen molar-refractivity contribution in [3.63, 3.8) is 0 Å². The highest BCUT2D eigenvalue weighted by molar-refractivity contribution is 5.44. The topological polar surface area (TPSA) is 41.9 Å². The molecule has 1 N–H and O–H groups in total. The van der Waals surface area contributed by atoms with E-state index in [9.17, 15) is 5.11 Å². The number of hydrogen-bond acceptors (Lipinski definition) is 4. The number of aliphatic hydroxyl groups is 1. The molecule has 0 radical (unpaired) electrons. The first-order valence-electron chi connectivity index (χ1n) is 7.13. The largest absolute Gasteiger partial charge is 0.486 e. The second-order valence-corrected chi connectivity index (χ2v) is 5.20. The molecule has 2 aliphatic heterocycles. The molecule has 0 spiro atoms. The summed E-state index contributed by atoms with van der Waals surface area (Å²) >= 11 is 0. The van der Waals surface area contributed by atoms with E-state index in [-0.39, 0.29) is 12.6 Å². The number of benzene rings is 1. The van der Waals surface area contributed by atoms with Gasteiger partial charge in [0.2, 0.25) is 0 Å². The summed E-state index contributed by atoms with van der Waals surface area (Å²) < 4.78 is 11.2. The van der Waals surface area contributed by atoms with Gasteiger partial charge in [0.25, 0.3) is 0 Å². The Morgan fingerprint density at radius 1 is 1.05 bits per heavy atom. The van der Waals surface area contributed by atoms with Crippen molar-refractivity contribution in [3.8, 4) is 11.5 Å². The van der Waals surface area contributed by atoms with Crippen molar-refractivity contribution in [2.75, 3.05) is 32.9 Å². The Kier molecular flexibility index (Phi) is 3.89. The second kappa shape index (κ2) is 5.80. The Balaban J connectivity index is 1.82. The number of ether oxygens (including phenoxy) is 2. The van der Waals surface area contributed by atoms with Crippen molar-refractivity contribution in [2.45, 2.75) is 25.3 Å². The van der Waals surface area contributed by atoms with E-state index in [1.54, 1.807) is 0 Å². The van der Waals surface area contributed by atoms with Crippen molar-refractivity contribution < 1.29 is 14.6 Å². The van der Waals surface area contributed by atoms with Crippen LogP contribution in [0.25, 0.3) is 0 Å². The predicted molar refractivity (Wildman–Crippen MR) is 72.7 cm³/mol. The summed E-state index contributed by atoms with van der Waals surface area (Å²) in [6.45, 7) is 3.50. The fourth-order valence-electron chi connectivity index (χ4n) is 2.93. The molecule has 1 saturated heterocycles. The van der Waals surface area contributed by atoms with Crippen molar-refractivity contribution >= 4 is 0 Å². The molecule has 1 aromatic rings. The average molecular weight is 263 g/mol. The monoisotopic (exact) mass is 263 g/mol. The van der Waals surface area contributed by atoms with Gasteiger partial charge in [-0.15, -0.1) is 0 Å². The zero-order valence-electron chi connectivity index (χ0n) is 11.2. The third-order valence-electron chi connectivity index (χ3n) is 3.96. The van der Waals surface area contributed by atoms with Gasteiger partial charge in [-0.3, -0.25) is 4.90 Å². The third-order valence-corrected chi connectivity index (χ3v) is 3.96. The summed E-state index contributed by atoms with van der Waals surface area (Å²) in [4.78, 5) is 2.37. The maximum absolute atomic E-state index is 9.72. The first kappa shape index (κ1) is 12.8. The number of hydrogen-bond donors (Lipinski definition) is 1. The average Bonchev–Trinajstić information content (AvgIpc) is 2.49. The van der Waals surface area contributed by atoms with Crippen LogP contribution in [0.3, 0.4) is 0 Å². The fourth-order valence-corrected chi connectivity index (χ4v) is 2.93. The van der Waals surface area contributed by atoms with Gasteiger partial charge in [-0.2, -0.15) is 0 Å². The van der Waals surface area contributed by atoms with E-state index in [1.807, 2.05) is 18.2 Å². The number of nitrogens with zero attached hydrogens (tertiary/aromatic N) is 1. The molecular formula is C15H21NO3. The van der Waals surface area contributed by atoms with Crippen LogP contribution in [0.1, 0.15) is 30.9 Å². The summed E-state index contributed by atoms with van der Waals surface area (Å²) in [5, 5.41) is 9.72. The fraction of sp³-hybridized carbons (Fsp3) is 0.600. The number of rotatable bonds is 3. The molecule has 1 unspecified atom stereocenters.